The van der Waals surface area contributed by atoms with Crippen LogP contribution >= 0.6 is 0 Å². The first kappa shape index (κ1) is 21.1. The van der Waals surface area contributed by atoms with Crippen molar-refractivity contribution in [3.63, 3.8) is 0 Å². The summed E-state index contributed by atoms with van der Waals surface area (Å²) in [6, 6.07) is 3.93. The number of benzene rings is 1. The number of carboxylic acid groups (broad SMARTS) is 1. The molecular weight excluding hydrogens is 404 g/mol. The Hall–Kier alpha value is -3.14. The second-order valence-corrected chi connectivity index (χ2v) is 8.30. The minimum atomic E-state index is -1.05. The van der Waals surface area contributed by atoms with Gasteiger partial charge in [-0.3, -0.25) is 24.2 Å². The summed E-state index contributed by atoms with van der Waals surface area (Å²) < 4.78 is 0.327. The summed E-state index contributed by atoms with van der Waals surface area (Å²) in [6.45, 7) is 2.12. The lowest BCUT2D eigenvalue weighted by atomic mass is 9.96. The molecule has 10 nitrogen and oxygen atoms in total. The van der Waals surface area contributed by atoms with Crippen LogP contribution in [-0.4, -0.2) is 82.1 Å². The fraction of sp³-hybridized carbons (Fsp3) is 0.524. The summed E-state index contributed by atoms with van der Waals surface area (Å²) in [5, 5.41) is 12.2. The van der Waals surface area contributed by atoms with Crippen molar-refractivity contribution in [3.8, 4) is 0 Å². The van der Waals surface area contributed by atoms with Crippen LogP contribution in [0.2, 0.25) is 0 Å². The number of hydrogen-bond donors (Lipinski definition) is 2. The summed E-state index contributed by atoms with van der Waals surface area (Å²) in [7, 11) is 0. The lowest BCUT2D eigenvalue weighted by molar-refractivity contribution is -0.479. The maximum atomic E-state index is 13.1. The molecule has 3 heterocycles. The van der Waals surface area contributed by atoms with Gasteiger partial charge in [-0.05, 0) is 50.4 Å². The Morgan fingerprint density at radius 2 is 1.87 bits per heavy atom. The Morgan fingerprint density at radius 1 is 1.13 bits per heavy atom. The van der Waals surface area contributed by atoms with Crippen LogP contribution in [0.5, 0.6) is 0 Å². The largest absolute Gasteiger partial charge is 0.480 e. The van der Waals surface area contributed by atoms with Crippen molar-refractivity contribution in [3.05, 3.63) is 34.2 Å². The van der Waals surface area contributed by atoms with Gasteiger partial charge < -0.3 is 10.4 Å². The van der Waals surface area contributed by atoms with Crippen molar-refractivity contribution in [2.45, 2.75) is 31.7 Å². The van der Waals surface area contributed by atoms with Crippen LogP contribution in [0.25, 0.3) is 0 Å². The summed E-state index contributed by atoms with van der Waals surface area (Å²) in [5.74, 6) is -2.35. The van der Waals surface area contributed by atoms with Gasteiger partial charge in [0.05, 0.1) is 22.4 Å². The summed E-state index contributed by atoms with van der Waals surface area (Å²) in [4.78, 5) is 63.7. The Labute approximate surface area is 178 Å². The fourth-order valence-electron chi connectivity index (χ4n) is 4.60. The van der Waals surface area contributed by atoms with Crippen molar-refractivity contribution in [2.24, 2.45) is 5.92 Å². The topological polar surface area (TPSA) is 127 Å². The zero-order valence-corrected chi connectivity index (χ0v) is 17.1. The molecular formula is C21H25N4O6+. The molecule has 0 bridgehead atoms. The zero-order chi connectivity index (χ0) is 22.1. The van der Waals surface area contributed by atoms with E-state index in [4.69, 9.17) is 5.11 Å². The molecule has 1 atom stereocenters. The van der Waals surface area contributed by atoms with Gasteiger partial charge in [0.25, 0.3) is 11.8 Å². The van der Waals surface area contributed by atoms with E-state index in [-0.39, 0.29) is 24.2 Å². The quantitative estimate of drug-likeness (QED) is 0.506. The Bertz CT molecular complexity index is 953. The average molecular weight is 429 g/mol. The predicted octanol–water partition coefficient (Wildman–Crippen LogP) is 0.959. The number of imide groups is 1. The molecule has 3 amide bonds. The fourth-order valence-corrected chi connectivity index (χ4v) is 4.60. The van der Waals surface area contributed by atoms with Crippen LogP contribution in [-0.2, 0) is 9.59 Å². The number of aliphatic carboxylic acids is 1. The van der Waals surface area contributed by atoms with Crippen LogP contribution in [0.3, 0.4) is 0 Å². The number of likely N-dealkylation sites (tertiary alicyclic amines) is 1. The van der Waals surface area contributed by atoms with Crippen LogP contribution in [0.4, 0.5) is 5.69 Å². The highest BCUT2D eigenvalue weighted by Crippen LogP contribution is 2.33. The third-order valence-corrected chi connectivity index (χ3v) is 6.27. The van der Waals surface area contributed by atoms with E-state index in [0.29, 0.717) is 48.8 Å². The first-order valence-electron chi connectivity index (χ1n) is 10.5. The Balaban J connectivity index is 1.45. The third kappa shape index (κ3) is 4.07. The lowest BCUT2D eigenvalue weighted by Crippen LogP contribution is -2.50. The molecule has 1 aromatic rings. The molecule has 0 aromatic heterocycles. The number of nitroso groups, excluding NO2 is 1. The molecule has 1 aromatic carbocycles. The molecule has 4 rings (SSSR count). The van der Waals surface area contributed by atoms with E-state index in [1.165, 1.54) is 0 Å². The van der Waals surface area contributed by atoms with Crippen LogP contribution in [0.15, 0.2) is 18.2 Å². The molecule has 3 aliphatic heterocycles. The number of fused-ring (bicyclic) bond motifs is 1. The third-order valence-electron chi connectivity index (χ3n) is 6.27. The number of anilines is 1. The maximum Gasteiger partial charge on any atom is 0.455 e. The normalized spacial score (nSPS) is 22.7. The molecule has 164 valence electrons. The zero-order valence-electron chi connectivity index (χ0n) is 17.1. The van der Waals surface area contributed by atoms with Gasteiger partial charge in [-0.15, -0.1) is 0 Å². The van der Waals surface area contributed by atoms with Gasteiger partial charge in [0.1, 0.15) is 0 Å². The Kier molecular flexibility index (Phi) is 5.81. The van der Waals surface area contributed by atoms with Crippen molar-refractivity contribution in [1.82, 2.24) is 9.80 Å². The minimum Gasteiger partial charge on any atom is -0.480 e. The first-order valence-corrected chi connectivity index (χ1v) is 10.5. The predicted molar refractivity (Wildman–Crippen MR) is 109 cm³/mol. The molecule has 2 fully saturated rings. The van der Waals surface area contributed by atoms with Gasteiger partial charge in [0.15, 0.2) is 6.04 Å². The van der Waals surface area contributed by atoms with Gasteiger partial charge in [0.2, 0.25) is 6.54 Å². The van der Waals surface area contributed by atoms with Crippen LogP contribution < -0.4 is 5.32 Å². The van der Waals surface area contributed by atoms with Crippen LogP contribution in [0.1, 0.15) is 46.4 Å². The highest BCUT2D eigenvalue weighted by Gasteiger charge is 2.50. The standard InChI is InChI=1S/C21H24N4O6/c26-17(27)12-23-9-6-13(7-10-23)11-22-15-4-1-3-14-18(15)21(30)25(19(14)28)16-5-2-8-24(31)20(16)29/h1,3-4,13,16H,2,5-12H2,(H-,22,26,27,30)/p+1. The van der Waals surface area contributed by atoms with Gasteiger partial charge in [0, 0.05) is 23.6 Å². The smallest absolute Gasteiger partial charge is 0.455 e. The SMILES string of the molecule is O=C(O)CN1CCC(CNc2cccc3c2C(=O)N(C2CCC[N+](=O)C2=O)C3=O)CC1. The van der Waals surface area contributed by atoms with Crippen molar-refractivity contribution in [2.75, 3.05) is 38.0 Å². The Morgan fingerprint density at radius 3 is 2.58 bits per heavy atom. The number of rotatable bonds is 6. The van der Waals surface area contributed by atoms with Gasteiger partial charge >= 0.3 is 11.9 Å². The molecule has 31 heavy (non-hydrogen) atoms. The van der Waals surface area contributed by atoms with Gasteiger partial charge in [-0.1, -0.05) is 6.07 Å². The van der Waals surface area contributed by atoms with Gasteiger partial charge in [-0.2, -0.15) is 0 Å². The number of nitrogens with zero attached hydrogens (tertiary/aromatic N) is 3. The van der Waals surface area contributed by atoms with Gasteiger partial charge in [-0.25, -0.2) is 4.79 Å². The van der Waals surface area contributed by atoms with E-state index in [1.807, 2.05) is 4.90 Å². The molecule has 10 heteroatoms. The molecule has 0 saturated carbocycles. The second kappa shape index (κ2) is 8.54. The number of carboxylic acids is 1. The van der Waals surface area contributed by atoms with Crippen molar-refractivity contribution in [1.29, 1.82) is 0 Å². The molecule has 2 saturated heterocycles. The maximum absolute atomic E-state index is 13.1. The van der Waals surface area contributed by atoms with E-state index in [1.54, 1.807) is 18.2 Å². The van der Waals surface area contributed by atoms with E-state index in [9.17, 15) is 24.1 Å². The lowest BCUT2D eigenvalue weighted by Gasteiger charge is -2.31. The first-order chi connectivity index (χ1) is 14.9. The average Bonchev–Trinajstić information content (AvgIpc) is 3.00. The monoisotopic (exact) mass is 429 g/mol. The second-order valence-electron chi connectivity index (χ2n) is 8.30. The van der Waals surface area contributed by atoms with Crippen LogP contribution in [0, 0.1) is 10.8 Å². The molecule has 0 aliphatic carbocycles. The number of amides is 3. The highest BCUT2D eigenvalue weighted by atomic mass is 16.4. The van der Waals surface area contributed by atoms with Crippen molar-refractivity contribution < 1.29 is 29.0 Å². The summed E-state index contributed by atoms with van der Waals surface area (Å²) in [6.07, 6.45) is 2.41. The number of hydrogen-bond acceptors (Lipinski definition) is 7. The minimum absolute atomic E-state index is 0.0411. The summed E-state index contributed by atoms with van der Waals surface area (Å²) in [5.41, 5.74) is 1.02. The molecule has 2 N–H and O–H groups in total. The number of nitrogens with one attached hydrogen (secondary N) is 1. The van der Waals surface area contributed by atoms with E-state index in [0.717, 1.165) is 17.7 Å². The van der Waals surface area contributed by atoms with E-state index in [2.05, 4.69) is 5.32 Å². The number of carbonyl (C=O) groups excluding carboxylic acids is 3. The van der Waals surface area contributed by atoms with E-state index >= 15 is 0 Å². The molecule has 3 aliphatic rings. The molecule has 1 unspecified atom stereocenters. The summed E-state index contributed by atoms with van der Waals surface area (Å²) >= 11 is 0. The molecule has 0 spiro atoms. The highest BCUT2D eigenvalue weighted by molar-refractivity contribution is 6.24. The number of carbonyl (C=O) groups is 4. The van der Waals surface area contributed by atoms with E-state index < -0.39 is 29.7 Å². The molecule has 0 radical (unpaired) electrons. The van der Waals surface area contributed by atoms with Crippen molar-refractivity contribution >= 4 is 29.4 Å². The number of piperidine rings is 2.